The van der Waals surface area contributed by atoms with E-state index in [2.05, 4.69) is 5.32 Å². The van der Waals surface area contributed by atoms with E-state index in [1.807, 2.05) is 0 Å². The van der Waals surface area contributed by atoms with Gasteiger partial charge in [0.1, 0.15) is 17.1 Å². The topological polar surface area (TPSA) is 86.7 Å². The molecular weight excluding hydrogens is 244 g/mol. The van der Waals surface area contributed by atoms with E-state index in [-0.39, 0.29) is 22.9 Å². The standard InChI is InChI=1S/C10H12N2O4S/c1-4-3-17-9-6(11-5(2)13)8(14)12(9)7(4)10(15)16/h6,9H,3H2,1-2H3,(H,11,13)(H,15,16)/t6?,9-/m1/s1. The third-order valence-corrected chi connectivity index (χ3v) is 4.14. The molecule has 0 spiro atoms. The lowest BCUT2D eigenvalue weighted by atomic mass is 10.0. The van der Waals surface area contributed by atoms with Gasteiger partial charge >= 0.3 is 5.97 Å². The Morgan fingerprint density at radius 1 is 1.53 bits per heavy atom. The Balaban J connectivity index is 2.24. The molecule has 1 unspecified atom stereocenters. The first-order valence-corrected chi connectivity index (χ1v) is 6.13. The van der Waals surface area contributed by atoms with Gasteiger partial charge in [0.2, 0.25) is 5.91 Å². The number of nitrogens with one attached hydrogen (secondary N) is 1. The third kappa shape index (κ3) is 1.80. The van der Waals surface area contributed by atoms with Gasteiger partial charge in [0.15, 0.2) is 0 Å². The smallest absolute Gasteiger partial charge is 0.352 e. The zero-order valence-electron chi connectivity index (χ0n) is 9.39. The molecule has 0 aromatic carbocycles. The molecule has 1 saturated heterocycles. The predicted molar refractivity (Wildman–Crippen MR) is 61.0 cm³/mol. The first-order valence-electron chi connectivity index (χ1n) is 5.08. The van der Waals surface area contributed by atoms with Gasteiger partial charge < -0.3 is 10.4 Å². The van der Waals surface area contributed by atoms with Gasteiger partial charge in [-0.1, -0.05) is 0 Å². The lowest BCUT2D eigenvalue weighted by molar-refractivity contribution is -0.150. The Labute approximate surface area is 102 Å². The molecule has 1 fully saturated rings. The number of hydrogen-bond acceptors (Lipinski definition) is 4. The van der Waals surface area contributed by atoms with Gasteiger partial charge in [0.05, 0.1) is 0 Å². The number of rotatable bonds is 2. The molecule has 2 atom stereocenters. The van der Waals surface area contributed by atoms with Crippen molar-refractivity contribution < 1.29 is 19.5 Å². The molecule has 2 heterocycles. The van der Waals surface area contributed by atoms with Crippen LogP contribution in [-0.4, -0.2) is 45.0 Å². The summed E-state index contributed by atoms with van der Waals surface area (Å²) in [6.07, 6.45) is 0. The summed E-state index contributed by atoms with van der Waals surface area (Å²) >= 11 is 1.47. The first kappa shape index (κ1) is 12.0. The number of hydrogen-bond donors (Lipinski definition) is 2. The van der Waals surface area contributed by atoms with Crippen LogP contribution >= 0.6 is 11.8 Å². The molecule has 2 amide bonds. The predicted octanol–water partition coefficient (Wildman–Crippen LogP) is -0.235. The van der Waals surface area contributed by atoms with Crippen molar-refractivity contribution >= 4 is 29.5 Å². The summed E-state index contributed by atoms with van der Waals surface area (Å²) < 4.78 is 0. The molecule has 0 aromatic heterocycles. The number of carbonyl (C=O) groups excluding carboxylic acids is 2. The van der Waals surface area contributed by atoms with E-state index in [1.54, 1.807) is 6.92 Å². The summed E-state index contributed by atoms with van der Waals surface area (Å²) in [6.45, 7) is 3.04. The molecule has 0 aromatic rings. The second kappa shape index (κ2) is 4.06. The van der Waals surface area contributed by atoms with Crippen LogP contribution in [0.1, 0.15) is 13.8 Å². The van der Waals surface area contributed by atoms with E-state index in [1.165, 1.54) is 23.6 Å². The molecule has 2 aliphatic rings. The Bertz CT molecular complexity index is 446. The van der Waals surface area contributed by atoms with Crippen molar-refractivity contribution in [1.82, 2.24) is 10.2 Å². The van der Waals surface area contributed by atoms with Crippen LogP contribution in [0.15, 0.2) is 11.3 Å². The highest BCUT2D eigenvalue weighted by molar-refractivity contribution is 8.00. The van der Waals surface area contributed by atoms with Gasteiger partial charge in [0.25, 0.3) is 5.91 Å². The number of amides is 2. The van der Waals surface area contributed by atoms with Gasteiger partial charge in [-0.3, -0.25) is 14.5 Å². The van der Waals surface area contributed by atoms with Crippen molar-refractivity contribution in [3.8, 4) is 0 Å². The van der Waals surface area contributed by atoms with Crippen LogP contribution in [0.3, 0.4) is 0 Å². The number of carboxylic acids is 1. The molecule has 0 aliphatic carbocycles. The average Bonchev–Trinajstić information content (AvgIpc) is 2.24. The molecule has 2 N–H and O–H groups in total. The van der Waals surface area contributed by atoms with Crippen molar-refractivity contribution in [2.24, 2.45) is 0 Å². The van der Waals surface area contributed by atoms with Crippen LogP contribution in [0, 0.1) is 0 Å². The molecule has 7 heteroatoms. The van der Waals surface area contributed by atoms with Crippen molar-refractivity contribution in [1.29, 1.82) is 0 Å². The molecular formula is C10H12N2O4S. The summed E-state index contributed by atoms with van der Waals surface area (Å²) in [7, 11) is 0. The zero-order chi connectivity index (χ0) is 12.7. The number of carboxylic acid groups (broad SMARTS) is 1. The highest BCUT2D eigenvalue weighted by Crippen LogP contribution is 2.39. The molecule has 92 valence electrons. The first-order chi connectivity index (χ1) is 7.93. The lowest BCUT2D eigenvalue weighted by Crippen LogP contribution is -2.70. The van der Waals surface area contributed by atoms with Crippen molar-refractivity contribution in [2.75, 3.05) is 5.75 Å². The maximum atomic E-state index is 11.8. The molecule has 0 radical (unpaired) electrons. The lowest BCUT2D eigenvalue weighted by Gasteiger charge is -2.49. The van der Waals surface area contributed by atoms with Gasteiger partial charge in [-0.25, -0.2) is 4.79 Å². The van der Waals surface area contributed by atoms with E-state index in [0.29, 0.717) is 11.3 Å². The van der Waals surface area contributed by atoms with Crippen LogP contribution in [0.4, 0.5) is 0 Å². The summed E-state index contributed by atoms with van der Waals surface area (Å²) in [5.41, 5.74) is 0.730. The van der Waals surface area contributed by atoms with Crippen LogP contribution < -0.4 is 5.32 Å². The fourth-order valence-electron chi connectivity index (χ4n) is 1.99. The summed E-state index contributed by atoms with van der Waals surface area (Å²) in [5.74, 6) is -1.17. The van der Waals surface area contributed by atoms with Crippen molar-refractivity contribution in [3.05, 3.63) is 11.3 Å². The van der Waals surface area contributed by atoms with E-state index < -0.39 is 12.0 Å². The third-order valence-electron chi connectivity index (χ3n) is 2.72. The monoisotopic (exact) mass is 256 g/mol. The van der Waals surface area contributed by atoms with E-state index in [0.717, 1.165) is 0 Å². The summed E-state index contributed by atoms with van der Waals surface area (Å²) in [4.78, 5) is 35.1. The molecule has 2 aliphatic heterocycles. The SMILES string of the molecule is CC(=O)NC1C(=O)N2C(C(=O)O)=C(C)CS[C@H]12. The summed E-state index contributed by atoms with van der Waals surface area (Å²) in [5, 5.41) is 11.3. The zero-order valence-corrected chi connectivity index (χ0v) is 10.2. The van der Waals surface area contributed by atoms with Gasteiger partial charge in [-0.05, 0) is 12.5 Å². The number of thioether (sulfide) groups is 1. The second-order valence-electron chi connectivity index (χ2n) is 4.02. The second-order valence-corrected chi connectivity index (χ2v) is 5.13. The number of carbonyl (C=O) groups is 3. The minimum atomic E-state index is -1.09. The minimum Gasteiger partial charge on any atom is -0.477 e. The highest BCUT2D eigenvalue weighted by Gasteiger charge is 2.53. The number of aliphatic carboxylic acids is 1. The molecule has 0 bridgehead atoms. The van der Waals surface area contributed by atoms with Crippen LogP contribution in [-0.2, 0) is 14.4 Å². The maximum absolute atomic E-state index is 11.8. The van der Waals surface area contributed by atoms with Crippen LogP contribution in [0.25, 0.3) is 0 Å². The maximum Gasteiger partial charge on any atom is 0.352 e. The summed E-state index contributed by atoms with van der Waals surface area (Å²) in [6, 6.07) is -0.597. The van der Waals surface area contributed by atoms with Crippen molar-refractivity contribution in [3.63, 3.8) is 0 Å². The number of β-lactam (4-membered cyclic amide) rings is 1. The van der Waals surface area contributed by atoms with Crippen LogP contribution in [0.2, 0.25) is 0 Å². The van der Waals surface area contributed by atoms with E-state index in [9.17, 15) is 14.4 Å². The largest absolute Gasteiger partial charge is 0.477 e. The van der Waals surface area contributed by atoms with E-state index >= 15 is 0 Å². The Morgan fingerprint density at radius 3 is 2.71 bits per heavy atom. The Hall–Kier alpha value is -1.50. The Morgan fingerprint density at radius 2 is 2.18 bits per heavy atom. The quantitative estimate of drug-likeness (QED) is 0.666. The van der Waals surface area contributed by atoms with Crippen LogP contribution in [0.5, 0.6) is 0 Å². The molecule has 0 saturated carbocycles. The van der Waals surface area contributed by atoms with E-state index in [4.69, 9.17) is 5.11 Å². The highest BCUT2D eigenvalue weighted by atomic mass is 32.2. The number of fused-ring (bicyclic) bond motifs is 1. The fraction of sp³-hybridized carbons (Fsp3) is 0.500. The molecule has 17 heavy (non-hydrogen) atoms. The van der Waals surface area contributed by atoms with Gasteiger partial charge in [-0.15, -0.1) is 11.8 Å². The number of nitrogens with zero attached hydrogens (tertiary/aromatic N) is 1. The van der Waals surface area contributed by atoms with Crippen molar-refractivity contribution in [2.45, 2.75) is 25.3 Å². The fourth-order valence-corrected chi connectivity index (χ4v) is 3.29. The molecule has 2 rings (SSSR count). The van der Waals surface area contributed by atoms with Gasteiger partial charge in [0, 0.05) is 12.7 Å². The Kier molecular flexibility index (Phi) is 2.86. The minimum absolute atomic E-state index is 0.0559. The normalized spacial score (nSPS) is 27.4. The molecule has 6 nitrogen and oxygen atoms in total. The van der Waals surface area contributed by atoms with Gasteiger partial charge in [-0.2, -0.15) is 0 Å². The average molecular weight is 256 g/mol.